The minimum Gasteiger partial charge on any atom is -0.323 e. The van der Waals surface area contributed by atoms with Crippen LogP contribution in [0.3, 0.4) is 0 Å². The van der Waals surface area contributed by atoms with Gasteiger partial charge in [-0.2, -0.15) is 5.26 Å². The SMILES string of the molecule is CC(C)N(CC#N)C(=O)c1ccnc2ccccc12. The van der Waals surface area contributed by atoms with E-state index in [9.17, 15) is 4.79 Å². The van der Waals surface area contributed by atoms with E-state index in [2.05, 4.69) is 4.98 Å². The number of nitrogens with zero attached hydrogens (tertiary/aromatic N) is 3. The van der Waals surface area contributed by atoms with E-state index < -0.39 is 0 Å². The van der Waals surface area contributed by atoms with Gasteiger partial charge in [0.2, 0.25) is 0 Å². The van der Waals surface area contributed by atoms with Gasteiger partial charge < -0.3 is 4.90 Å². The van der Waals surface area contributed by atoms with Gasteiger partial charge in [-0.05, 0) is 26.0 Å². The summed E-state index contributed by atoms with van der Waals surface area (Å²) in [5.41, 5.74) is 1.38. The number of rotatable bonds is 3. The third-order valence-electron chi connectivity index (χ3n) is 3.00. The summed E-state index contributed by atoms with van der Waals surface area (Å²) in [6, 6.07) is 11.2. The zero-order valence-corrected chi connectivity index (χ0v) is 11.0. The third kappa shape index (κ3) is 2.55. The first-order valence-electron chi connectivity index (χ1n) is 6.17. The molecule has 0 N–H and O–H groups in total. The maximum Gasteiger partial charge on any atom is 0.255 e. The normalized spacial score (nSPS) is 10.4. The summed E-state index contributed by atoms with van der Waals surface area (Å²) in [5.74, 6) is -0.129. The van der Waals surface area contributed by atoms with Crippen molar-refractivity contribution in [2.24, 2.45) is 0 Å². The molecule has 1 heterocycles. The van der Waals surface area contributed by atoms with Crippen LogP contribution in [0.1, 0.15) is 24.2 Å². The van der Waals surface area contributed by atoms with Crippen LogP contribution in [0.25, 0.3) is 10.9 Å². The van der Waals surface area contributed by atoms with E-state index in [1.165, 1.54) is 0 Å². The van der Waals surface area contributed by atoms with Crippen LogP contribution >= 0.6 is 0 Å². The largest absolute Gasteiger partial charge is 0.323 e. The number of pyridine rings is 1. The van der Waals surface area contributed by atoms with Crippen molar-refractivity contribution in [2.75, 3.05) is 6.54 Å². The van der Waals surface area contributed by atoms with Crippen molar-refractivity contribution in [1.29, 1.82) is 5.26 Å². The first-order chi connectivity index (χ1) is 9.15. The van der Waals surface area contributed by atoms with E-state index in [0.717, 1.165) is 10.9 Å². The molecule has 96 valence electrons. The quantitative estimate of drug-likeness (QED) is 0.790. The Hall–Kier alpha value is -2.41. The van der Waals surface area contributed by atoms with Gasteiger partial charge in [0.05, 0.1) is 17.1 Å². The molecule has 0 aliphatic rings. The fourth-order valence-electron chi connectivity index (χ4n) is 2.00. The van der Waals surface area contributed by atoms with Gasteiger partial charge in [-0.1, -0.05) is 18.2 Å². The summed E-state index contributed by atoms with van der Waals surface area (Å²) in [6.07, 6.45) is 1.63. The zero-order chi connectivity index (χ0) is 13.8. The monoisotopic (exact) mass is 253 g/mol. The highest BCUT2D eigenvalue weighted by Gasteiger charge is 2.20. The van der Waals surface area contributed by atoms with E-state index in [1.54, 1.807) is 17.2 Å². The summed E-state index contributed by atoms with van der Waals surface area (Å²) < 4.78 is 0. The Morgan fingerprint density at radius 1 is 1.37 bits per heavy atom. The number of aromatic nitrogens is 1. The van der Waals surface area contributed by atoms with Gasteiger partial charge >= 0.3 is 0 Å². The molecule has 4 heteroatoms. The molecule has 0 atom stereocenters. The lowest BCUT2D eigenvalue weighted by atomic mass is 10.1. The highest BCUT2D eigenvalue weighted by atomic mass is 16.2. The second-order valence-electron chi connectivity index (χ2n) is 4.56. The third-order valence-corrected chi connectivity index (χ3v) is 3.00. The zero-order valence-electron chi connectivity index (χ0n) is 11.0. The number of hydrogen-bond acceptors (Lipinski definition) is 3. The van der Waals surface area contributed by atoms with E-state index in [-0.39, 0.29) is 18.5 Å². The molecule has 0 aliphatic heterocycles. The highest BCUT2D eigenvalue weighted by molar-refractivity contribution is 6.06. The van der Waals surface area contributed by atoms with Crippen LogP contribution in [-0.4, -0.2) is 28.4 Å². The second-order valence-corrected chi connectivity index (χ2v) is 4.56. The molecule has 2 rings (SSSR count). The van der Waals surface area contributed by atoms with Crippen molar-refractivity contribution >= 4 is 16.8 Å². The van der Waals surface area contributed by atoms with Gasteiger partial charge in [-0.25, -0.2) is 0 Å². The van der Waals surface area contributed by atoms with Crippen LogP contribution in [0.5, 0.6) is 0 Å². The number of benzene rings is 1. The van der Waals surface area contributed by atoms with Gasteiger partial charge in [0.1, 0.15) is 6.54 Å². The average Bonchev–Trinajstić information content (AvgIpc) is 2.43. The Labute approximate surface area is 112 Å². The van der Waals surface area contributed by atoms with Crippen LogP contribution < -0.4 is 0 Å². The van der Waals surface area contributed by atoms with Crippen molar-refractivity contribution < 1.29 is 4.79 Å². The molecule has 2 aromatic rings. The number of amides is 1. The fourth-order valence-corrected chi connectivity index (χ4v) is 2.00. The second kappa shape index (κ2) is 5.49. The van der Waals surface area contributed by atoms with Crippen LogP contribution in [0, 0.1) is 11.3 Å². The molecule has 4 nitrogen and oxygen atoms in total. The molecule has 0 spiro atoms. The summed E-state index contributed by atoms with van der Waals surface area (Å²) >= 11 is 0. The van der Waals surface area contributed by atoms with Gasteiger partial charge in [0.15, 0.2) is 0 Å². The molecule has 1 aromatic heterocycles. The number of nitriles is 1. The lowest BCUT2D eigenvalue weighted by molar-refractivity contribution is 0.0733. The minimum atomic E-state index is -0.129. The highest BCUT2D eigenvalue weighted by Crippen LogP contribution is 2.18. The number of para-hydroxylation sites is 1. The molecule has 0 saturated heterocycles. The molecule has 0 fully saturated rings. The molecule has 1 amide bonds. The standard InChI is InChI=1S/C15H15N3O/c1-11(2)18(10-8-16)15(19)13-7-9-17-14-6-4-3-5-12(13)14/h3-7,9,11H,10H2,1-2H3. The first kappa shape index (κ1) is 13.0. The molecule has 0 saturated carbocycles. The average molecular weight is 253 g/mol. The number of hydrogen-bond donors (Lipinski definition) is 0. The molecule has 0 aliphatic carbocycles. The molecule has 0 bridgehead atoms. The lowest BCUT2D eigenvalue weighted by Gasteiger charge is -2.24. The predicted molar refractivity (Wildman–Crippen MR) is 73.5 cm³/mol. The van der Waals surface area contributed by atoms with Crippen LogP contribution in [0.2, 0.25) is 0 Å². The summed E-state index contributed by atoms with van der Waals surface area (Å²) in [5, 5.41) is 9.66. The van der Waals surface area contributed by atoms with E-state index in [0.29, 0.717) is 5.56 Å². The minimum absolute atomic E-state index is 0.0147. The Morgan fingerprint density at radius 3 is 2.79 bits per heavy atom. The molecule has 19 heavy (non-hydrogen) atoms. The van der Waals surface area contributed by atoms with Crippen molar-refractivity contribution in [3.05, 3.63) is 42.1 Å². The molecule has 1 aromatic carbocycles. The van der Waals surface area contributed by atoms with Gasteiger partial charge in [0.25, 0.3) is 5.91 Å². The van der Waals surface area contributed by atoms with Gasteiger partial charge in [-0.3, -0.25) is 9.78 Å². The predicted octanol–water partition coefficient (Wildman–Crippen LogP) is 2.61. The van der Waals surface area contributed by atoms with E-state index in [4.69, 9.17) is 5.26 Å². The smallest absolute Gasteiger partial charge is 0.255 e. The molecular formula is C15H15N3O. The lowest BCUT2D eigenvalue weighted by Crippen LogP contribution is -2.37. The number of fused-ring (bicyclic) bond motifs is 1. The van der Waals surface area contributed by atoms with Crippen molar-refractivity contribution in [1.82, 2.24) is 9.88 Å². The maximum absolute atomic E-state index is 12.5. The Balaban J connectivity index is 2.49. The number of carbonyl (C=O) groups is 1. The summed E-state index contributed by atoms with van der Waals surface area (Å²) in [4.78, 5) is 18.3. The maximum atomic E-state index is 12.5. The topological polar surface area (TPSA) is 57.0 Å². The Kier molecular flexibility index (Phi) is 3.76. The Bertz CT molecular complexity index is 638. The molecular weight excluding hydrogens is 238 g/mol. The Morgan fingerprint density at radius 2 is 2.11 bits per heavy atom. The van der Waals surface area contributed by atoms with Crippen LogP contribution in [0.15, 0.2) is 36.5 Å². The number of carbonyl (C=O) groups excluding carboxylic acids is 1. The fraction of sp³-hybridized carbons (Fsp3) is 0.267. The van der Waals surface area contributed by atoms with Crippen LogP contribution in [-0.2, 0) is 0 Å². The van der Waals surface area contributed by atoms with Crippen LogP contribution in [0.4, 0.5) is 0 Å². The molecule has 0 radical (unpaired) electrons. The van der Waals surface area contributed by atoms with Gasteiger partial charge in [-0.15, -0.1) is 0 Å². The first-order valence-corrected chi connectivity index (χ1v) is 6.17. The van der Waals surface area contributed by atoms with E-state index in [1.807, 2.05) is 44.2 Å². The van der Waals surface area contributed by atoms with E-state index >= 15 is 0 Å². The van der Waals surface area contributed by atoms with Crippen molar-refractivity contribution in [3.8, 4) is 6.07 Å². The summed E-state index contributed by atoms with van der Waals surface area (Å²) in [6.45, 7) is 3.89. The summed E-state index contributed by atoms with van der Waals surface area (Å²) in [7, 11) is 0. The van der Waals surface area contributed by atoms with Gasteiger partial charge in [0, 0.05) is 17.6 Å². The van der Waals surface area contributed by atoms with Crippen molar-refractivity contribution in [3.63, 3.8) is 0 Å². The van der Waals surface area contributed by atoms with Crippen molar-refractivity contribution in [2.45, 2.75) is 19.9 Å². The molecule has 0 unspecified atom stereocenters.